The summed E-state index contributed by atoms with van der Waals surface area (Å²) in [5.41, 5.74) is 2.37. The summed E-state index contributed by atoms with van der Waals surface area (Å²) in [7, 11) is 0. The van der Waals surface area contributed by atoms with Crippen molar-refractivity contribution in [3.63, 3.8) is 0 Å². The third-order valence-electron chi connectivity index (χ3n) is 3.92. The molecule has 0 bridgehead atoms. The zero-order chi connectivity index (χ0) is 18.3. The van der Waals surface area contributed by atoms with Gasteiger partial charge in [-0.05, 0) is 41.5 Å². The molecule has 2 aromatic heterocycles. The second-order valence-electron chi connectivity index (χ2n) is 5.89. The molecule has 0 aliphatic heterocycles. The van der Waals surface area contributed by atoms with E-state index in [4.69, 9.17) is 4.74 Å². The molecular formula is C21H18N4OS. The number of hydrogen-bond donors (Lipinski definition) is 0. The van der Waals surface area contributed by atoms with Gasteiger partial charge in [-0.3, -0.25) is 0 Å². The number of ether oxygens (including phenoxy) is 1. The first-order valence-corrected chi connectivity index (χ1v) is 9.57. The van der Waals surface area contributed by atoms with Crippen molar-refractivity contribution in [3.8, 4) is 11.6 Å². The molecule has 27 heavy (non-hydrogen) atoms. The Morgan fingerprint density at radius 3 is 2.37 bits per heavy atom. The molecule has 0 unspecified atom stereocenters. The highest BCUT2D eigenvalue weighted by Crippen LogP contribution is 2.22. The maximum Gasteiger partial charge on any atom is 0.175 e. The number of hydrogen-bond acceptors (Lipinski definition) is 5. The summed E-state index contributed by atoms with van der Waals surface area (Å²) in [4.78, 5) is 0. The van der Waals surface area contributed by atoms with E-state index in [1.54, 1.807) is 22.6 Å². The van der Waals surface area contributed by atoms with Crippen LogP contribution >= 0.6 is 11.8 Å². The van der Waals surface area contributed by atoms with Crippen molar-refractivity contribution in [2.75, 3.05) is 0 Å². The van der Waals surface area contributed by atoms with Crippen molar-refractivity contribution in [1.29, 1.82) is 0 Å². The number of aromatic nitrogens is 4. The Balaban J connectivity index is 1.29. The summed E-state index contributed by atoms with van der Waals surface area (Å²) in [5.74, 6) is 2.41. The Morgan fingerprint density at radius 2 is 1.67 bits per heavy atom. The van der Waals surface area contributed by atoms with Gasteiger partial charge >= 0.3 is 0 Å². The Hall–Kier alpha value is -3.12. The smallest absolute Gasteiger partial charge is 0.175 e. The topological polar surface area (TPSA) is 52.8 Å². The highest BCUT2D eigenvalue weighted by molar-refractivity contribution is 7.98. The van der Waals surface area contributed by atoms with Crippen molar-refractivity contribution in [2.24, 2.45) is 0 Å². The van der Waals surface area contributed by atoms with Crippen molar-refractivity contribution >= 4 is 11.8 Å². The van der Waals surface area contributed by atoms with E-state index >= 15 is 0 Å². The highest BCUT2D eigenvalue weighted by atomic mass is 32.2. The largest absolute Gasteiger partial charge is 0.489 e. The minimum atomic E-state index is 0.577. The van der Waals surface area contributed by atoms with Crippen LogP contribution in [0.1, 0.15) is 11.1 Å². The molecule has 0 radical (unpaired) electrons. The lowest BCUT2D eigenvalue weighted by Gasteiger charge is -2.07. The number of rotatable bonds is 7. The van der Waals surface area contributed by atoms with Gasteiger partial charge < -0.3 is 4.74 Å². The van der Waals surface area contributed by atoms with E-state index in [1.807, 2.05) is 54.7 Å². The van der Waals surface area contributed by atoms with Crippen LogP contribution in [0.4, 0.5) is 0 Å². The van der Waals surface area contributed by atoms with Gasteiger partial charge in [0.1, 0.15) is 17.4 Å². The number of benzene rings is 2. The lowest BCUT2D eigenvalue weighted by Crippen LogP contribution is -1.99. The predicted molar refractivity (Wildman–Crippen MR) is 106 cm³/mol. The summed E-state index contributed by atoms with van der Waals surface area (Å²) >= 11 is 1.65. The van der Waals surface area contributed by atoms with Gasteiger partial charge in [-0.2, -0.15) is 5.10 Å². The fourth-order valence-corrected chi connectivity index (χ4v) is 3.27. The number of nitrogens with zero attached hydrogens (tertiary/aromatic N) is 4. The molecule has 0 amide bonds. The van der Waals surface area contributed by atoms with E-state index in [9.17, 15) is 0 Å². The number of thioether (sulfide) groups is 1. The molecule has 4 rings (SSSR count). The van der Waals surface area contributed by atoms with E-state index in [2.05, 4.69) is 39.6 Å². The summed E-state index contributed by atoms with van der Waals surface area (Å²) in [6, 6.07) is 24.1. The molecule has 5 nitrogen and oxygen atoms in total. The summed E-state index contributed by atoms with van der Waals surface area (Å²) < 4.78 is 7.51. The molecule has 0 spiro atoms. The Morgan fingerprint density at radius 1 is 0.815 bits per heavy atom. The van der Waals surface area contributed by atoms with Crippen LogP contribution in [-0.2, 0) is 12.4 Å². The minimum Gasteiger partial charge on any atom is -0.489 e. The van der Waals surface area contributed by atoms with Crippen molar-refractivity contribution < 1.29 is 4.74 Å². The van der Waals surface area contributed by atoms with E-state index in [0.717, 1.165) is 22.1 Å². The average molecular weight is 374 g/mol. The van der Waals surface area contributed by atoms with Gasteiger partial charge in [0.2, 0.25) is 0 Å². The van der Waals surface area contributed by atoms with E-state index in [1.165, 1.54) is 5.56 Å². The molecule has 0 atom stereocenters. The quantitative estimate of drug-likeness (QED) is 0.445. The van der Waals surface area contributed by atoms with Gasteiger partial charge in [0.05, 0.1) is 0 Å². The molecule has 4 aromatic rings. The SMILES string of the molecule is c1ccc(COc2ccc(CSc3ccc(-n4cccn4)nn3)cc2)cc1. The Labute approximate surface area is 162 Å². The summed E-state index contributed by atoms with van der Waals surface area (Å²) in [6.07, 6.45) is 3.57. The van der Waals surface area contributed by atoms with E-state index in [-0.39, 0.29) is 0 Å². The molecule has 2 aromatic carbocycles. The molecule has 6 heteroatoms. The average Bonchev–Trinajstić information content (AvgIpc) is 3.28. The van der Waals surface area contributed by atoms with Gasteiger partial charge in [0.25, 0.3) is 0 Å². The van der Waals surface area contributed by atoms with Crippen LogP contribution < -0.4 is 4.74 Å². The third kappa shape index (κ3) is 4.74. The monoisotopic (exact) mass is 374 g/mol. The molecule has 0 aliphatic rings. The second-order valence-corrected chi connectivity index (χ2v) is 6.88. The Kier molecular flexibility index (Phi) is 5.45. The maximum absolute atomic E-state index is 5.82. The van der Waals surface area contributed by atoms with Gasteiger partial charge in [0.15, 0.2) is 5.82 Å². The van der Waals surface area contributed by atoms with Crippen molar-refractivity contribution in [1.82, 2.24) is 20.0 Å². The lowest BCUT2D eigenvalue weighted by molar-refractivity contribution is 0.306. The van der Waals surface area contributed by atoms with Crippen LogP contribution in [0, 0.1) is 0 Å². The highest BCUT2D eigenvalue weighted by Gasteiger charge is 2.03. The van der Waals surface area contributed by atoms with Crippen LogP contribution in [0.15, 0.2) is 90.2 Å². The fourth-order valence-electron chi connectivity index (χ4n) is 2.50. The summed E-state index contributed by atoms with van der Waals surface area (Å²) in [6.45, 7) is 0.577. The maximum atomic E-state index is 5.82. The zero-order valence-electron chi connectivity index (χ0n) is 14.6. The first kappa shape index (κ1) is 17.3. The molecule has 134 valence electrons. The predicted octanol–water partition coefficient (Wildman–Crippen LogP) is 4.53. The first-order valence-electron chi connectivity index (χ1n) is 8.59. The molecule has 0 saturated carbocycles. The van der Waals surface area contributed by atoms with Crippen LogP contribution in [-0.4, -0.2) is 20.0 Å². The van der Waals surface area contributed by atoms with Gasteiger partial charge in [-0.15, -0.1) is 10.2 Å². The van der Waals surface area contributed by atoms with Crippen LogP contribution in [0.25, 0.3) is 5.82 Å². The lowest BCUT2D eigenvalue weighted by atomic mass is 10.2. The third-order valence-corrected chi connectivity index (χ3v) is 4.91. The molecule has 0 saturated heterocycles. The van der Waals surface area contributed by atoms with Gasteiger partial charge in [-0.1, -0.05) is 54.2 Å². The van der Waals surface area contributed by atoms with Crippen molar-refractivity contribution in [2.45, 2.75) is 17.4 Å². The molecule has 0 N–H and O–H groups in total. The van der Waals surface area contributed by atoms with Crippen LogP contribution in [0.3, 0.4) is 0 Å². The van der Waals surface area contributed by atoms with Crippen LogP contribution in [0.2, 0.25) is 0 Å². The molecular weight excluding hydrogens is 356 g/mol. The van der Waals surface area contributed by atoms with Crippen LogP contribution in [0.5, 0.6) is 5.75 Å². The van der Waals surface area contributed by atoms with Crippen molar-refractivity contribution in [3.05, 3.63) is 96.3 Å². The second kappa shape index (κ2) is 8.51. The Bertz CT molecular complexity index is 956. The molecule has 0 fully saturated rings. The van der Waals surface area contributed by atoms with Gasteiger partial charge in [-0.25, -0.2) is 4.68 Å². The van der Waals surface area contributed by atoms with E-state index in [0.29, 0.717) is 12.4 Å². The molecule has 0 aliphatic carbocycles. The van der Waals surface area contributed by atoms with E-state index < -0.39 is 0 Å². The normalized spacial score (nSPS) is 10.7. The molecule has 2 heterocycles. The van der Waals surface area contributed by atoms with Gasteiger partial charge in [0, 0.05) is 18.1 Å². The zero-order valence-corrected chi connectivity index (χ0v) is 15.4. The minimum absolute atomic E-state index is 0.577. The standard InChI is InChI=1S/C21H18N4OS/c1-2-5-17(6-3-1)15-26-19-9-7-18(8-10-19)16-27-21-12-11-20(23-24-21)25-14-4-13-22-25/h1-14H,15-16H2. The first-order chi connectivity index (χ1) is 13.4. The summed E-state index contributed by atoms with van der Waals surface area (Å²) in [5, 5.41) is 13.5. The fraction of sp³-hybridized carbons (Fsp3) is 0.0952.